The average molecular weight is 419 g/mol. The lowest BCUT2D eigenvalue weighted by Crippen LogP contribution is -2.22. The van der Waals surface area contributed by atoms with Gasteiger partial charge in [-0.05, 0) is 24.3 Å². The van der Waals surface area contributed by atoms with Gasteiger partial charge in [-0.15, -0.1) is 0 Å². The number of benzene rings is 1. The fourth-order valence-corrected chi connectivity index (χ4v) is 3.50. The van der Waals surface area contributed by atoms with Crippen molar-refractivity contribution in [1.82, 2.24) is 4.57 Å². The van der Waals surface area contributed by atoms with E-state index in [0.717, 1.165) is 23.5 Å². The number of fused-ring (bicyclic) bond motifs is 1. The van der Waals surface area contributed by atoms with Gasteiger partial charge in [-0.2, -0.15) is 4.99 Å². The molecule has 3 rings (SSSR count). The standard InChI is InChI=1S/C17H13N3O8S/c1-26-14(21)8-19-10-4-3-9(16(23)27-2)7-12(10)29-17(19)18-15(22)11-5-6-13(28-11)20(24)25/h3-7H,8H2,1-2H3. The van der Waals surface area contributed by atoms with E-state index in [9.17, 15) is 24.5 Å². The first-order valence-electron chi connectivity index (χ1n) is 7.96. The number of nitro groups is 1. The molecule has 29 heavy (non-hydrogen) atoms. The highest BCUT2D eigenvalue weighted by Gasteiger charge is 2.19. The van der Waals surface area contributed by atoms with Crippen LogP contribution in [-0.4, -0.2) is 41.6 Å². The van der Waals surface area contributed by atoms with Crippen LogP contribution in [0.4, 0.5) is 5.88 Å². The Morgan fingerprint density at radius 2 is 1.97 bits per heavy atom. The van der Waals surface area contributed by atoms with Gasteiger partial charge in [0.2, 0.25) is 5.76 Å². The Bertz CT molecular complexity index is 1200. The van der Waals surface area contributed by atoms with Crippen molar-refractivity contribution in [1.29, 1.82) is 0 Å². The van der Waals surface area contributed by atoms with Crippen molar-refractivity contribution >= 4 is 45.3 Å². The van der Waals surface area contributed by atoms with E-state index in [1.54, 1.807) is 12.1 Å². The number of rotatable bonds is 5. The normalized spacial score (nSPS) is 11.4. The number of ether oxygens (including phenoxy) is 2. The number of esters is 2. The summed E-state index contributed by atoms with van der Waals surface area (Å²) in [5, 5.41) is 10.7. The maximum absolute atomic E-state index is 12.4. The van der Waals surface area contributed by atoms with Crippen molar-refractivity contribution in [3.05, 3.63) is 56.6 Å². The van der Waals surface area contributed by atoms with E-state index in [0.29, 0.717) is 10.2 Å². The first-order valence-corrected chi connectivity index (χ1v) is 8.77. The summed E-state index contributed by atoms with van der Waals surface area (Å²) in [5.41, 5.74) is 0.816. The Hall–Kier alpha value is -3.80. The molecule has 11 nitrogen and oxygen atoms in total. The summed E-state index contributed by atoms with van der Waals surface area (Å²) < 4.78 is 16.2. The zero-order chi connectivity index (χ0) is 21.1. The predicted molar refractivity (Wildman–Crippen MR) is 98.4 cm³/mol. The molecule has 2 heterocycles. The lowest BCUT2D eigenvalue weighted by molar-refractivity contribution is -0.402. The van der Waals surface area contributed by atoms with Crippen LogP contribution >= 0.6 is 11.3 Å². The number of hydrogen-bond acceptors (Lipinski definition) is 9. The summed E-state index contributed by atoms with van der Waals surface area (Å²) in [6, 6.07) is 6.81. The minimum Gasteiger partial charge on any atom is -0.468 e. The molecule has 0 N–H and O–H groups in total. The van der Waals surface area contributed by atoms with Crippen molar-refractivity contribution in [3.63, 3.8) is 0 Å². The molecule has 0 radical (unpaired) electrons. The number of carbonyl (C=O) groups excluding carboxylic acids is 3. The molecule has 0 aliphatic heterocycles. The predicted octanol–water partition coefficient (Wildman–Crippen LogP) is 1.90. The molecule has 0 saturated heterocycles. The van der Waals surface area contributed by atoms with E-state index in [2.05, 4.69) is 14.5 Å². The molecule has 3 aromatic rings. The van der Waals surface area contributed by atoms with Gasteiger partial charge in [0.1, 0.15) is 11.5 Å². The van der Waals surface area contributed by atoms with Crippen LogP contribution < -0.4 is 4.80 Å². The van der Waals surface area contributed by atoms with Gasteiger partial charge in [0.05, 0.1) is 36.1 Å². The maximum atomic E-state index is 12.4. The molecule has 0 aliphatic carbocycles. The number of furan rings is 1. The second-order valence-electron chi connectivity index (χ2n) is 5.53. The topological polar surface area (TPSA) is 143 Å². The van der Waals surface area contributed by atoms with Gasteiger partial charge in [0.15, 0.2) is 4.80 Å². The Kier molecular flexibility index (Phi) is 5.54. The van der Waals surface area contributed by atoms with E-state index < -0.39 is 28.7 Å². The number of amides is 1. The average Bonchev–Trinajstić information content (AvgIpc) is 3.32. The summed E-state index contributed by atoms with van der Waals surface area (Å²) in [5.74, 6) is -2.91. The van der Waals surface area contributed by atoms with Crippen LogP contribution in [0.5, 0.6) is 0 Å². The third kappa shape index (κ3) is 4.06. The number of aromatic nitrogens is 1. The van der Waals surface area contributed by atoms with E-state index in [-0.39, 0.29) is 22.7 Å². The number of thiazole rings is 1. The van der Waals surface area contributed by atoms with Gasteiger partial charge in [0, 0.05) is 0 Å². The molecule has 2 aromatic heterocycles. The van der Waals surface area contributed by atoms with Crippen LogP contribution in [0.1, 0.15) is 20.9 Å². The smallest absolute Gasteiger partial charge is 0.433 e. The fraction of sp³-hybridized carbons (Fsp3) is 0.176. The van der Waals surface area contributed by atoms with Gasteiger partial charge in [-0.25, -0.2) is 4.79 Å². The molecule has 150 valence electrons. The molecule has 12 heteroatoms. The number of carbonyl (C=O) groups is 3. The first-order chi connectivity index (χ1) is 13.8. The maximum Gasteiger partial charge on any atom is 0.433 e. The van der Waals surface area contributed by atoms with Crippen LogP contribution in [0, 0.1) is 10.1 Å². The Labute approximate surface area is 165 Å². The largest absolute Gasteiger partial charge is 0.468 e. The van der Waals surface area contributed by atoms with Crippen molar-refractivity contribution < 1.29 is 33.2 Å². The minimum atomic E-state index is -0.864. The minimum absolute atomic E-state index is 0.122. The van der Waals surface area contributed by atoms with Gasteiger partial charge < -0.3 is 18.5 Å². The molecule has 0 bridgehead atoms. The Morgan fingerprint density at radius 3 is 2.59 bits per heavy atom. The second kappa shape index (κ2) is 8.06. The second-order valence-corrected chi connectivity index (χ2v) is 6.54. The molecule has 0 aliphatic rings. The van der Waals surface area contributed by atoms with E-state index in [1.165, 1.54) is 24.9 Å². The Morgan fingerprint density at radius 1 is 1.21 bits per heavy atom. The van der Waals surface area contributed by atoms with E-state index >= 15 is 0 Å². The molecule has 0 atom stereocenters. The van der Waals surface area contributed by atoms with Gasteiger partial charge in [-0.1, -0.05) is 11.3 Å². The van der Waals surface area contributed by atoms with Crippen LogP contribution in [0.25, 0.3) is 10.2 Å². The van der Waals surface area contributed by atoms with Gasteiger partial charge in [-0.3, -0.25) is 19.7 Å². The summed E-state index contributed by atoms with van der Waals surface area (Å²) in [7, 11) is 2.47. The van der Waals surface area contributed by atoms with Crippen molar-refractivity contribution in [2.45, 2.75) is 6.54 Å². The third-order valence-corrected chi connectivity index (χ3v) is 4.84. The highest BCUT2D eigenvalue weighted by Crippen LogP contribution is 2.21. The van der Waals surface area contributed by atoms with Crippen LogP contribution in [0.15, 0.2) is 39.7 Å². The molecule has 0 fully saturated rings. The Balaban J connectivity index is 2.12. The summed E-state index contributed by atoms with van der Waals surface area (Å²) in [4.78, 5) is 49.9. The number of nitrogens with zero attached hydrogens (tertiary/aromatic N) is 3. The third-order valence-electron chi connectivity index (χ3n) is 3.80. The van der Waals surface area contributed by atoms with Crippen LogP contribution in [0.3, 0.4) is 0 Å². The van der Waals surface area contributed by atoms with Crippen LogP contribution in [-0.2, 0) is 20.8 Å². The highest BCUT2D eigenvalue weighted by atomic mass is 32.1. The molecule has 0 saturated carbocycles. The monoisotopic (exact) mass is 419 g/mol. The van der Waals surface area contributed by atoms with Crippen molar-refractivity contribution in [2.24, 2.45) is 4.99 Å². The first kappa shape index (κ1) is 19.9. The fourth-order valence-electron chi connectivity index (χ4n) is 2.43. The molecule has 1 aromatic carbocycles. The lowest BCUT2D eigenvalue weighted by atomic mass is 10.2. The number of methoxy groups -OCH3 is 2. The van der Waals surface area contributed by atoms with Crippen molar-refractivity contribution in [2.75, 3.05) is 14.2 Å². The molecular formula is C17H13N3O8S. The van der Waals surface area contributed by atoms with Crippen LogP contribution in [0.2, 0.25) is 0 Å². The highest BCUT2D eigenvalue weighted by molar-refractivity contribution is 7.16. The molecular weight excluding hydrogens is 406 g/mol. The van der Waals surface area contributed by atoms with E-state index in [4.69, 9.17) is 4.42 Å². The zero-order valence-corrected chi connectivity index (χ0v) is 15.9. The SMILES string of the molecule is COC(=O)Cn1c(=NC(=O)c2ccc([N+](=O)[O-])o2)sc2cc(C(=O)OC)ccc21. The quantitative estimate of drug-likeness (QED) is 0.346. The van der Waals surface area contributed by atoms with Crippen molar-refractivity contribution in [3.8, 4) is 0 Å². The van der Waals surface area contributed by atoms with Gasteiger partial charge >= 0.3 is 23.7 Å². The number of hydrogen-bond donors (Lipinski definition) is 0. The van der Waals surface area contributed by atoms with E-state index in [1.807, 2.05) is 0 Å². The molecule has 0 spiro atoms. The lowest BCUT2D eigenvalue weighted by Gasteiger charge is -2.04. The molecule has 1 amide bonds. The van der Waals surface area contributed by atoms with Gasteiger partial charge in [0.25, 0.3) is 0 Å². The molecule has 0 unspecified atom stereocenters. The summed E-state index contributed by atoms with van der Waals surface area (Å²) in [6.45, 7) is -0.238. The zero-order valence-electron chi connectivity index (χ0n) is 15.1. The summed E-state index contributed by atoms with van der Waals surface area (Å²) >= 11 is 1.04. The summed E-state index contributed by atoms with van der Waals surface area (Å²) in [6.07, 6.45) is 0.